The van der Waals surface area contributed by atoms with Gasteiger partial charge >= 0.3 is 0 Å². The standard InChI is InChI=1S/C20H24BrN3O2/c1-12-4-6-19(7-5-12)9-13-2-3-14(21)8-16(13)20(19)17(25)24(18(22)23-20)15-10-26-11-15/h2-3,8,12,15H,4-7,9-11H2,1H3,(H2,22,23). The number of fused-ring (bicyclic) bond motifs is 3. The smallest absolute Gasteiger partial charge is 0.262 e. The second-order valence-corrected chi connectivity index (χ2v) is 9.40. The van der Waals surface area contributed by atoms with Crippen LogP contribution < -0.4 is 5.73 Å². The van der Waals surface area contributed by atoms with Gasteiger partial charge in [-0.3, -0.25) is 9.69 Å². The van der Waals surface area contributed by atoms with Crippen molar-refractivity contribution in [3.8, 4) is 0 Å². The number of guanidine groups is 1. The molecule has 2 spiro atoms. The van der Waals surface area contributed by atoms with E-state index in [0.717, 1.165) is 42.1 Å². The molecule has 0 bridgehead atoms. The number of nitrogens with zero attached hydrogens (tertiary/aromatic N) is 2. The highest BCUT2D eigenvalue weighted by molar-refractivity contribution is 9.10. The minimum atomic E-state index is -0.855. The van der Waals surface area contributed by atoms with Crippen molar-refractivity contribution in [3.63, 3.8) is 0 Å². The quantitative estimate of drug-likeness (QED) is 0.763. The zero-order valence-electron chi connectivity index (χ0n) is 15.0. The summed E-state index contributed by atoms with van der Waals surface area (Å²) in [5, 5.41) is 0. The van der Waals surface area contributed by atoms with Crippen LogP contribution in [0.3, 0.4) is 0 Å². The molecular weight excluding hydrogens is 394 g/mol. The average molecular weight is 418 g/mol. The Morgan fingerprint density at radius 2 is 2.04 bits per heavy atom. The molecule has 1 unspecified atom stereocenters. The van der Waals surface area contributed by atoms with Gasteiger partial charge in [0.2, 0.25) is 0 Å². The van der Waals surface area contributed by atoms with Crippen molar-refractivity contribution in [1.82, 2.24) is 4.90 Å². The Morgan fingerprint density at radius 1 is 1.31 bits per heavy atom. The molecule has 0 radical (unpaired) electrons. The van der Waals surface area contributed by atoms with Gasteiger partial charge in [-0.15, -0.1) is 0 Å². The van der Waals surface area contributed by atoms with E-state index >= 15 is 0 Å². The Hall–Kier alpha value is -1.40. The molecule has 1 aromatic carbocycles. The SMILES string of the molecule is CC1CCC2(CC1)Cc1ccc(Br)cc1C21N=C(N)N(C2COC2)C1=O. The van der Waals surface area contributed by atoms with E-state index in [0.29, 0.717) is 25.1 Å². The number of halogens is 1. The molecule has 6 heteroatoms. The van der Waals surface area contributed by atoms with E-state index in [1.165, 1.54) is 5.56 Å². The van der Waals surface area contributed by atoms with Gasteiger partial charge in [-0.25, -0.2) is 4.99 Å². The van der Waals surface area contributed by atoms with Crippen LogP contribution in [-0.4, -0.2) is 36.0 Å². The maximum absolute atomic E-state index is 13.9. The number of hydrogen-bond acceptors (Lipinski definition) is 4. The number of carbonyl (C=O) groups is 1. The summed E-state index contributed by atoms with van der Waals surface area (Å²) >= 11 is 3.60. The van der Waals surface area contributed by atoms with Gasteiger partial charge in [0.05, 0.1) is 19.3 Å². The first-order valence-electron chi connectivity index (χ1n) is 9.52. The number of hydrogen-bond donors (Lipinski definition) is 1. The third-order valence-electron chi connectivity index (χ3n) is 7.03. The maximum Gasteiger partial charge on any atom is 0.262 e. The summed E-state index contributed by atoms with van der Waals surface area (Å²) in [6, 6.07) is 6.35. The fourth-order valence-electron chi connectivity index (χ4n) is 5.47. The molecule has 1 aromatic rings. The van der Waals surface area contributed by atoms with Gasteiger partial charge in [0.25, 0.3) is 5.91 Å². The van der Waals surface area contributed by atoms with Gasteiger partial charge < -0.3 is 10.5 Å². The van der Waals surface area contributed by atoms with Gasteiger partial charge in [-0.1, -0.05) is 41.8 Å². The van der Waals surface area contributed by atoms with Crippen LogP contribution in [0.25, 0.3) is 0 Å². The Labute approximate surface area is 162 Å². The second kappa shape index (κ2) is 5.55. The lowest BCUT2D eigenvalue weighted by molar-refractivity contribution is -0.146. The molecule has 2 aliphatic carbocycles. The van der Waals surface area contributed by atoms with Crippen molar-refractivity contribution in [2.75, 3.05) is 13.2 Å². The van der Waals surface area contributed by atoms with Crippen molar-refractivity contribution >= 4 is 27.8 Å². The van der Waals surface area contributed by atoms with Crippen LogP contribution in [0.2, 0.25) is 0 Å². The minimum Gasteiger partial charge on any atom is -0.377 e. The fourth-order valence-corrected chi connectivity index (χ4v) is 5.83. The fraction of sp³-hybridized carbons (Fsp3) is 0.600. The van der Waals surface area contributed by atoms with E-state index in [4.69, 9.17) is 15.5 Å². The topological polar surface area (TPSA) is 67.9 Å². The molecule has 1 amide bonds. The van der Waals surface area contributed by atoms with E-state index < -0.39 is 5.54 Å². The summed E-state index contributed by atoms with van der Waals surface area (Å²) in [6.45, 7) is 3.41. The average Bonchev–Trinajstić information content (AvgIpc) is 2.98. The molecule has 2 fully saturated rings. The molecule has 1 saturated heterocycles. The highest BCUT2D eigenvalue weighted by Gasteiger charge is 2.67. The number of carbonyl (C=O) groups excluding carboxylic acids is 1. The Morgan fingerprint density at radius 3 is 2.69 bits per heavy atom. The lowest BCUT2D eigenvalue weighted by Crippen LogP contribution is -2.58. The van der Waals surface area contributed by atoms with Crippen LogP contribution in [-0.2, 0) is 21.5 Å². The molecule has 2 N–H and O–H groups in total. The number of ether oxygens (including phenoxy) is 1. The molecule has 5 rings (SSSR count). The number of benzene rings is 1. The van der Waals surface area contributed by atoms with Crippen molar-refractivity contribution < 1.29 is 9.53 Å². The second-order valence-electron chi connectivity index (χ2n) is 8.49. The van der Waals surface area contributed by atoms with Crippen LogP contribution in [0.4, 0.5) is 0 Å². The van der Waals surface area contributed by atoms with E-state index in [1.54, 1.807) is 4.90 Å². The lowest BCUT2D eigenvalue weighted by Gasteiger charge is -2.45. The van der Waals surface area contributed by atoms with Gasteiger partial charge in [-0.05, 0) is 48.4 Å². The molecule has 2 heterocycles. The van der Waals surface area contributed by atoms with Crippen molar-refractivity contribution in [1.29, 1.82) is 0 Å². The summed E-state index contributed by atoms with van der Waals surface area (Å²) in [5.41, 5.74) is 7.63. The molecule has 4 aliphatic rings. The predicted molar refractivity (Wildman–Crippen MR) is 103 cm³/mol. The summed E-state index contributed by atoms with van der Waals surface area (Å²) in [5.74, 6) is 1.14. The van der Waals surface area contributed by atoms with Gasteiger partial charge in [-0.2, -0.15) is 0 Å². The zero-order valence-corrected chi connectivity index (χ0v) is 16.6. The normalized spacial score (nSPS) is 36.5. The number of nitrogens with two attached hydrogens (primary N) is 1. The Kier molecular flexibility index (Phi) is 3.58. The maximum atomic E-state index is 13.9. The third kappa shape index (κ3) is 2.00. The van der Waals surface area contributed by atoms with Crippen LogP contribution in [0.1, 0.15) is 43.7 Å². The molecule has 138 valence electrons. The molecular formula is C20H24BrN3O2. The molecule has 1 atom stereocenters. The van der Waals surface area contributed by atoms with E-state index in [2.05, 4.69) is 41.1 Å². The van der Waals surface area contributed by atoms with E-state index in [-0.39, 0.29) is 17.4 Å². The lowest BCUT2D eigenvalue weighted by atomic mass is 9.60. The first-order valence-corrected chi connectivity index (χ1v) is 10.3. The van der Waals surface area contributed by atoms with Crippen molar-refractivity contribution in [2.45, 2.75) is 50.6 Å². The molecule has 5 nitrogen and oxygen atoms in total. The Bertz CT molecular complexity index is 811. The third-order valence-corrected chi connectivity index (χ3v) is 7.53. The molecule has 26 heavy (non-hydrogen) atoms. The van der Waals surface area contributed by atoms with Crippen LogP contribution in [0, 0.1) is 11.3 Å². The highest BCUT2D eigenvalue weighted by Crippen LogP contribution is 2.62. The summed E-state index contributed by atoms with van der Waals surface area (Å²) in [7, 11) is 0. The molecule has 2 aliphatic heterocycles. The first kappa shape index (κ1) is 16.8. The predicted octanol–water partition coefficient (Wildman–Crippen LogP) is 2.95. The highest BCUT2D eigenvalue weighted by atomic mass is 79.9. The minimum absolute atomic E-state index is 0.0291. The molecule has 0 aromatic heterocycles. The summed E-state index contributed by atoms with van der Waals surface area (Å²) < 4.78 is 6.31. The van der Waals surface area contributed by atoms with Crippen LogP contribution in [0.5, 0.6) is 0 Å². The van der Waals surface area contributed by atoms with Gasteiger partial charge in [0.1, 0.15) is 0 Å². The van der Waals surface area contributed by atoms with Crippen molar-refractivity contribution in [3.05, 3.63) is 33.8 Å². The zero-order chi connectivity index (χ0) is 18.1. The number of rotatable bonds is 1. The van der Waals surface area contributed by atoms with Gasteiger partial charge in [0.15, 0.2) is 11.5 Å². The van der Waals surface area contributed by atoms with Gasteiger partial charge in [0, 0.05) is 9.89 Å². The van der Waals surface area contributed by atoms with Crippen molar-refractivity contribution in [2.24, 2.45) is 22.1 Å². The monoisotopic (exact) mass is 417 g/mol. The Balaban J connectivity index is 1.68. The van der Waals surface area contributed by atoms with E-state index in [9.17, 15) is 4.79 Å². The summed E-state index contributed by atoms with van der Waals surface area (Å²) in [4.78, 5) is 20.5. The van der Waals surface area contributed by atoms with Crippen LogP contribution >= 0.6 is 15.9 Å². The largest absolute Gasteiger partial charge is 0.377 e. The first-order chi connectivity index (χ1) is 12.5. The number of aliphatic imine (C=N–C) groups is 1. The molecule has 1 saturated carbocycles. The number of amides is 1. The summed E-state index contributed by atoms with van der Waals surface area (Å²) in [6.07, 6.45) is 5.26. The van der Waals surface area contributed by atoms with Crippen LogP contribution in [0.15, 0.2) is 27.7 Å². The van der Waals surface area contributed by atoms with E-state index in [1.807, 2.05) is 0 Å².